The van der Waals surface area contributed by atoms with E-state index in [2.05, 4.69) is 15.6 Å². The monoisotopic (exact) mass is 1040 g/mol. The maximum Gasteiger partial charge on any atom is 0.417 e. The summed E-state index contributed by atoms with van der Waals surface area (Å²) in [6, 6.07) is 17.2. The molecule has 7 rings (SSSR count). The number of nitriles is 1. The number of hydrogen-bond donors (Lipinski definition) is 3. The van der Waals surface area contributed by atoms with Gasteiger partial charge >= 0.3 is 6.18 Å². The number of aryl methyl sites for hydroxylation is 1. The van der Waals surface area contributed by atoms with E-state index in [4.69, 9.17) is 21.7 Å². The third-order valence-electron chi connectivity index (χ3n) is 13.5. The molecule has 3 aliphatic heterocycles. The molecule has 3 aromatic carbocycles. The van der Waals surface area contributed by atoms with Crippen LogP contribution in [0.2, 0.25) is 0 Å². The molecule has 20 heteroatoms. The number of alkyl halides is 3. The number of benzene rings is 3. The number of ketones is 1. The van der Waals surface area contributed by atoms with Crippen LogP contribution in [-0.2, 0) is 41.4 Å². The van der Waals surface area contributed by atoms with Crippen molar-refractivity contribution in [2.45, 2.75) is 116 Å². The molecule has 4 heterocycles. The summed E-state index contributed by atoms with van der Waals surface area (Å²) >= 11 is 7.27. The highest BCUT2D eigenvalue weighted by atomic mass is 32.1. The van der Waals surface area contributed by atoms with Crippen LogP contribution in [0.5, 0.6) is 0 Å². The molecule has 3 aliphatic rings. The summed E-state index contributed by atoms with van der Waals surface area (Å²) in [6.07, 6.45) is -4.05. The van der Waals surface area contributed by atoms with E-state index < -0.39 is 75.9 Å². The van der Waals surface area contributed by atoms with Crippen LogP contribution in [-0.4, -0.2) is 124 Å². The van der Waals surface area contributed by atoms with Gasteiger partial charge in [-0.05, 0) is 98.5 Å². The summed E-state index contributed by atoms with van der Waals surface area (Å²) in [6.45, 7) is 12.0. The first-order chi connectivity index (χ1) is 34.5. The maximum absolute atomic E-state index is 14.0. The number of ether oxygens (including phenoxy) is 2. The van der Waals surface area contributed by atoms with Crippen molar-refractivity contribution >= 4 is 63.6 Å². The first-order valence-corrected chi connectivity index (χ1v) is 25.4. The van der Waals surface area contributed by atoms with Gasteiger partial charge in [-0.3, -0.25) is 24.0 Å². The first-order valence-electron chi connectivity index (χ1n) is 24.1. The van der Waals surface area contributed by atoms with Crippen molar-refractivity contribution in [3.8, 4) is 16.5 Å². The second-order valence-electron chi connectivity index (χ2n) is 20.2. The van der Waals surface area contributed by atoms with Crippen molar-refractivity contribution < 1.29 is 51.7 Å². The Balaban J connectivity index is 0.823. The molecule has 73 heavy (non-hydrogen) atoms. The van der Waals surface area contributed by atoms with Gasteiger partial charge in [-0.15, -0.1) is 11.3 Å². The number of thiocarbonyl (C=S) groups is 1. The molecule has 1 aromatic heterocycles. The zero-order chi connectivity index (χ0) is 53.0. The van der Waals surface area contributed by atoms with Crippen molar-refractivity contribution in [3.05, 3.63) is 106 Å². The first kappa shape index (κ1) is 54.7. The van der Waals surface area contributed by atoms with Crippen molar-refractivity contribution in [2.75, 3.05) is 44.4 Å². The lowest BCUT2D eigenvalue weighted by atomic mass is 9.85. The van der Waals surface area contributed by atoms with Gasteiger partial charge in [-0.25, -0.2) is 4.98 Å². The maximum atomic E-state index is 14.0. The van der Waals surface area contributed by atoms with Gasteiger partial charge < -0.3 is 39.9 Å². The largest absolute Gasteiger partial charge is 0.417 e. The summed E-state index contributed by atoms with van der Waals surface area (Å²) in [7, 11) is 0. The summed E-state index contributed by atoms with van der Waals surface area (Å²) in [5, 5.41) is 25.5. The molecule has 388 valence electrons. The van der Waals surface area contributed by atoms with Gasteiger partial charge in [-0.2, -0.15) is 18.4 Å². The van der Waals surface area contributed by atoms with Crippen LogP contribution in [0.1, 0.15) is 105 Å². The van der Waals surface area contributed by atoms with Crippen LogP contribution < -0.4 is 15.5 Å². The standard InChI is InChI=1S/C53H60F3N7O8S2/c1-31-44(73-30-59-31)33-10-8-32(9-11-33)27-58-47(67)41-25-38(64)28-62(41)49(69)45(51(2,3)4)60-42(65)29-70-22-7-23-71-39-18-20-61(21-19-39)48(68)34-14-16-37(17-15-34)63-50(72)43(46(66)52(63,5)6)35-12-13-36(26-57)40(24-35)53(54,55)56/h8-17,24,30,38-39,41,43,45,64H,7,18-23,25,27-29H2,1-6H3,(H,58,67)(H,60,65)/t38-,41+,43?,45-/m1/s1. The summed E-state index contributed by atoms with van der Waals surface area (Å²) in [5.41, 5.74) is 1.96. The van der Waals surface area contributed by atoms with Crippen molar-refractivity contribution in [1.29, 1.82) is 5.26 Å². The number of piperidine rings is 1. The Morgan fingerprint density at radius 1 is 1.01 bits per heavy atom. The Kier molecular flexibility index (Phi) is 16.9. The third-order valence-corrected chi connectivity index (χ3v) is 14.9. The van der Waals surface area contributed by atoms with Gasteiger partial charge in [0.2, 0.25) is 17.7 Å². The number of carbonyl (C=O) groups is 5. The van der Waals surface area contributed by atoms with Gasteiger partial charge in [0, 0.05) is 57.1 Å². The number of aliphatic hydroxyl groups excluding tert-OH is 1. The predicted molar refractivity (Wildman–Crippen MR) is 271 cm³/mol. The van der Waals surface area contributed by atoms with Crippen LogP contribution in [0.3, 0.4) is 0 Å². The number of carbonyl (C=O) groups excluding carboxylic acids is 5. The number of β-amino-alcohol motifs (C(OH)–C–C–N with tert-alkyl or cyclic N) is 1. The number of thiazole rings is 1. The normalized spacial score (nSPS) is 19.7. The Bertz CT molecular complexity index is 2750. The van der Waals surface area contributed by atoms with Crippen LogP contribution in [0.25, 0.3) is 10.4 Å². The molecule has 0 radical (unpaired) electrons. The lowest BCUT2D eigenvalue weighted by molar-refractivity contribution is -0.144. The fourth-order valence-corrected chi connectivity index (χ4v) is 10.9. The minimum Gasteiger partial charge on any atom is -0.391 e. The highest BCUT2D eigenvalue weighted by molar-refractivity contribution is 7.80. The smallest absolute Gasteiger partial charge is 0.391 e. The van der Waals surface area contributed by atoms with Crippen molar-refractivity contribution in [2.24, 2.45) is 5.41 Å². The van der Waals surface area contributed by atoms with Crippen LogP contribution in [0.15, 0.2) is 72.2 Å². The Morgan fingerprint density at radius 3 is 2.32 bits per heavy atom. The molecular formula is C53H60F3N7O8S2. The Hall–Kier alpha value is -6.11. The van der Waals surface area contributed by atoms with E-state index in [1.54, 1.807) is 70.8 Å². The second kappa shape index (κ2) is 22.6. The minimum atomic E-state index is -4.80. The number of nitrogens with one attached hydrogen (secondary N) is 2. The SMILES string of the molecule is Cc1ncsc1-c1ccc(CNC(=O)[C@@H]2C[C@@H](O)CN2C(=O)[C@@H](NC(=O)COCCCOC2CCN(C(=O)c3ccc(N4C(=S)C(c5ccc(C#N)c(C(F)(F)F)c5)C(=O)C4(C)C)cc3)CC2)C(C)(C)C)cc1. The zero-order valence-corrected chi connectivity index (χ0v) is 43.2. The average Bonchev–Trinajstić information content (AvgIpc) is 4.02. The van der Waals surface area contributed by atoms with Crippen LogP contribution in [0.4, 0.5) is 18.9 Å². The number of Topliss-reactive ketones (excluding diaryl/α,β-unsaturated/α-hetero) is 1. The van der Waals surface area contributed by atoms with E-state index in [1.807, 2.05) is 52.0 Å². The number of rotatable bonds is 16. The quantitative estimate of drug-likeness (QED) is 0.0761. The lowest BCUT2D eigenvalue weighted by Gasteiger charge is -2.35. The van der Waals surface area contributed by atoms with Gasteiger partial charge in [-0.1, -0.05) is 63.3 Å². The highest BCUT2D eigenvalue weighted by Crippen LogP contribution is 2.43. The zero-order valence-electron chi connectivity index (χ0n) is 41.6. The molecule has 1 unspecified atom stereocenters. The Morgan fingerprint density at radius 2 is 1.70 bits per heavy atom. The number of likely N-dealkylation sites (tertiary alicyclic amines) is 2. The number of anilines is 1. The Labute approximate surface area is 432 Å². The molecule has 4 atom stereocenters. The van der Waals surface area contributed by atoms with Crippen molar-refractivity contribution in [3.63, 3.8) is 0 Å². The number of halogens is 3. The number of nitrogens with zero attached hydrogens (tertiary/aromatic N) is 5. The predicted octanol–water partition coefficient (Wildman–Crippen LogP) is 7.12. The molecule has 0 bridgehead atoms. The second-order valence-corrected chi connectivity index (χ2v) is 21.5. The highest BCUT2D eigenvalue weighted by Gasteiger charge is 2.52. The number of aromatic nitrogens is 1. The van der Waals surface area contributed by atoms with E-state index >= 15 is 0 Å². The van der Waals surface area contributed by atoms with Crippen LogP contribution in [0, 0.1) is 23.7 Å². The van der Waals surface area contributed by atoms with Gasteiger partial charge in [0.25, 0.3) is 5.91 Å². The van der Waals surface area contributed by atoms with E-state index in [9.17, 15) is 47.5 Å². The molecule has 15 nitrogen and oxygen atoms in total. The third kappa shape index (κ3) is 12.5. The number of amides is 4. The topological polar surface area (TPSA) is 194 Å². The summed E-state index contributed by atoms with van der Waals surface area (Å²) in [5.74, 6) is -3.11. The van der Waals surface area contributed by atoms with Gasteiger partial charge in [0.15, 0.2) is 5.78 Å². The molecule has 0 aliphatic carbocycles. The summed E-state index contributed by atoms with van der Waals surface area (Å²) in [4.78, 5) is 78.0. The van der Waals surface area contributed by atoms with E-state index in [0.717, 1.165) is 33.8 Å². The number of hydrogen-bond acceptors (Lipinski definition) is 12. The number of aliphatic hydroxyl groups is 1. The van der Waals surface area contributed by atoms with Crippen LogP contribution >= 0.6 is 23.6 Å². The molecular weight excluding hydrogens is 984 g/mol. The average molecular weight is 1040 g/mol. The molecule has 4 aromatic rings. The van der Waals surface area contributed by atoms with E-state index in [-0.39, 0.29) is 55.3 Å². The molecule has 3 N–H and O–H groups in total. The van der Waals surface area contributed by atoms with E-state index in [0.29, 0.717) is 50.2 Å². The molecule has 3 saturated heterocycles. The molecule has 4 amide bonds. The fraction of sp³-hybridized carbons (Fsp3) is 0.472. The molecule has 3 fully saturated rings. The lowest BCUT2D eigenvalue weighted by Crippen LogP contribution is -2.58. The van der Waals surface area contributed by atoms with Gasteiger partial charge in [0.05, 0.1) is 61.9 Å². The fourth-order valence-electron chi connectivity index (χ4n) is 9.52. The van der Waals surface area contributed by atoms with Gasteiger partial charge in [0.1, 0.15) is 18.7 Å². The molecule has 0 spiro atoms. The van der Waals surface area contributed by atoms with E-state index in [1.165, 1.54) is 11.0 Å². The minimum absolute atomic E-state index is 0.0446. The van der Waals surface area contributed by atoms with Crippen molar-refractivity contribution in [1.82, 2.24) is 25.4 Å². The molecule has 0 saturated carbocycles. The summed E-state index contributed by atoms with van der Waals surface area (Å²) < 4.78 is 53.1.